The first-order valence-corrected chi connectivity index (χ1v) is 7.24. The fourth-order valence-corrected chi connectivity index (χ4v) is 2.56. The van der Waals surface area contributed by atoms with Gasteiger partial charge in [0.15, 0.2) is 0 Å². The number of alkyl halides is 2. The molecule has 0 fully saturated rings. The Labute approximate surface area is 138 Å². The molecule has 0 aromatic heterocycles. The van der Waals surface area contributed by atoms with E-state index < -0.39 is 18.3 Å². The van der Waals surface area contributed by atoms with Crippen LogP contribution in [0, 0.1) is 11.3 Å². The van der Waals surface area contributed by atoms with Crippen molar-refractivity contribution in [1.82, 2.24) is 0 Å². The summed E-state index contributed by atoms with van der Waals surface area (Å²) >= 11 is 0. The number of carbonyl (C=O) groups excluding carboxylic acids is 1. The molecular formula is C17H16F2N2O3. The highest BCUT2D eigenvalue weighted by atomic mass is 19.3. The molecule has 5 nitrogen and oxygen atoms in total. The van der Waals surface area contributed by atoms with Gasteiger partial charge in [0.1, 0.15) is 17.4 Å². The molecule has 2 rings (SSSR count). The van der Waals surface area contributed by atoms with Crippen LogP contribution >= 0.6 is 0 Å². The number of esters is 1. The van der Waals surface area contributed by atoms with Crippen LogP contribution < -0.4 is 5.73 Å². The Morgan fingerprint density at radius 1 is 1.50 bits per heavy atom. The lowest BCUT2D eigenvalue weighted by molar-refractivity contribution is -0.139. The molecule has 1 atom stereocenters. The average molecular weight is 334 g/mol. The number of hydrogen-bond acceptors (Lipinski definition) is 5. The van der Waals surface area contributed by atoms with Gasteiger partial charge < -0.3 is 15.2 Å². The molecular weight excluding hydrogens is 318 g/mol. The second-order valence-electron chi connectivity index (χ2n) is 5.09. The third-order valence-electron chi connectivity index (χ3n) is 3.60. The number of nitrogens with two attached hydrogens (primary N) is 1. The largest absolute Gasteiger partial charge is 0.463 e. The number of nitrogens with zero attached hydrogens (tertiary/aromatic N) is 1. The molecule has 0 spiro atoms. The van der Waals surface area contributed by atoms with Crippen molar-refractivity contribution in [3.05, 3.63) is 58.2 Å². The van der Waals surface area contributed by atoms with E-state index in [0.717, 1.165) is 0 Å². The van der Waals surface area contributed by atoms with Crippen molar-refractivity contribution < 1.29 is 23.0 Å². The maximum absolute atomic E-state index is 13.0. The van der Waals surface area contributed by atoms with Crippen LogP contribution in [0.5, 0.6) is 0 Å². The van der Waals surface area contributed by atoms with E-state index in [-0.39, 0.29) is 35.0 Å². The van der Waals surface area contributed by atoms with Gasteiger partial charge in [-0.05, 0) is 25.5 Å². The summed E-state index contributed by atoms with van der Waals surface area (Å²) in [5.41, 5.74) is 5.93. The number of benzene rings is 1. The van der Waals surface area contributed by atoms with Gasteiger partial charge in [-0.15, -0.1) is 0 Å². The SMILES string of the molecule is CCOC(=O)C1=C(C)OC(N)=C(C#N)C1c1cccc(C(F)F)c1. The second kappa shape index (κ2) is 7.13. The van der Waals surface area contributed by atoms with Gasteiger partial charge in [0.05, 0.1) is 18.1 Å². The zero-order valence-corrected chi connectivity index (χ0v) is 13.2. The normalized spacial score (nSPS) is 17.6. The van der Waals surface area contributed by atoms with Gasteiger partial charge in [0, 0.05) is 5.56 Å². The highest BCUT2D eigenvalue weighted by molar-refractivity contribution is 5.92. The smallest absolute Gasteiger partial charge is 0.338 e. The van der Waals surface area contributed by atoms with E-state index in [0.29, 0.717) is 5.56 Å². The fourth-order valence-electron chi connectivity index (χ4n) is 2.56. The number of allylic oxidation sites excluding steroid dienone is 2. The minimum absolute atomic E-state index is 0.0185. The van der Waals surface area contributed by atoms with Crippen LogP contribution in [0.1, 0.15) is 37.3 Å². The molecule has 0 amide bonds. The summed E-state index contributed by atoms with van der Waals surface area (Å²) in [6.07, 6.45) is -2.67. The van der Waals surface area contributed by atoms with Crippen molar-refractivity contribution in [2.24, 2.45) is 5.73 Å². The van der Waals surface area contributed by atoms with Crippen LogP contribution in [0.25, 0.3) is 0 Å². The van der Waals surface area contributed by atoms with Gasteiger partial charge >= 0.3 is 5.97 Å². The summed E-state index contributed by atoms with van der Waals surface area (Å²) in [5.74, 6) is -1.57. The third kappa shape index (κ3) is 3.23. The number of rotatable bonds is 4. The summed E-state index contributed by atoms with van der Waals surface area (Å²) in [5, 5.41) is 9.40. The van der Waals surface area contributed by atoms with E-state index in [9.17, 15) is 18.8 Å². The summed E-state index contributed by atoms with van der Waals surface area (Å²) in [4.78, 5) is 12.3. The third-order valence-corrected chi connectivity index (χ3v) is 3.60. The maximum Gasteiger partial charge on any atom is 0.338 e. The van der Waals surface area contributed by atoms with Crippen LogP contribution in [-0.2, 0) is 14.3 Å². The van der Waals surface area contributed by atoms with Crippen molar-refractivity contribution in [3.63, 3.8) is 0 Å². The van der Waals surface area contributed by atoms with Crippen LogP contribution in [0.15, 0.2) is 47.1 Å². The van der Waals surface area contributed by atoms with Gasteiger partial charge in [-0.3, -0.25) is 0 Å². The molecule has 0 saturated heterocycles. The first-order chi connectivity index (χ1) is 11.4. The second-order valence-corrected chi connectivity index (χ2v) is 5.09. The molecule has 0 bridgehead atoms. The minimum atomic E-state index is -2.67. The lowest BCUT2D eigenvalue weighted by atomic mass is 9.82. The van der Waals surface area contributed by atoms with E-state index in [1.807, 2.05) is 6.07 Å². The van der Waals surface area contributed by atoms with Gasteiger partial charge in [0.2, 0.25) is 5.88 Å². The van der Waals surface area contributed by atoms with Crippen molar-refractivity contribution in [1.29, 1.82) is 5.26 Å². The molecule has 1 unspecified atom stereocenters. The zero-order valence-electron chi connectivity index (χ0n) is 13.2. The van der Waals surface area contributed by atoms with Crippen molar-refractivity contribution in [2.75, 3.05) is 6.61 Å². The van der Waals surface area contributed by atoms with Crippen LogP contribution in [0.3, 0.4) is 0 Å². The fraction of sp³-hybridized carbons (Fsp3) is 0.294. The molecule has 1 heterocycles. The van der Waals surface area contributed by atoms with E-state index in [1.54, 1.807) is 13.0 Å². The highest BCUT2D eigenvalue weighted by Gasteiger charge is 2.36. The van der Waals surface area contributed by atoms with Crippen LogP contribution in [0.2, 0.25) is 0 Å². The molecule has 7 heteroatoms. The quantitative estimate of drug-likeness (QED) is 0.854. The maximum atomic E-state index is 13.0. The molecule has 24 heavy (non-hydrogen) atoms. The standard InChI is InChI=1S/C17H16F2N2O3/c1-3-23-17(22)13-9(2)24-16(21)12(8-20)14(13)10-5-4-6-11(7-10)15(18)19/h4-7,14-15H,3,21H2,1-2H3. The first-order valence-electron chi connectivity index (χ1n) is 7.24. The number of hydrogen-bond donors (Lipinski definition) is 1. The van der Waals surface area contributed by atoms with E-state index in [2.05, 4.69) is 0 Å². The van der Waals surface area contributed by atoms with Gasteiger partial charge in [-0.2, -0.15) is 5.26 Å². The Hall–Kier alpha value is -2.88. The minimum Gasteiger partial charge on any atom is -0.463 e. The molecule has 1 aromatic rings. The molecule has 1 aliphatic heterocycles. The first kappa shape index (κ1) is 17.5. The molecule has 0 aliphatic carbocycles. The molecule has 126 valence electrons. The molecule has 0 radical (unpaired) electrons. The Kier molecular flexibility index (Phi) is 5.19. The molecule has 1 aliphatic rings. The van der Waals surface area contributed by atoms with Crippen molar-refractivity contribution >= 4 is 5.97 Å². The lowest BCUT2D eigenvalue weighted by Crippen LogP contribution is -2.25. The predicted molar refractivity (Wildman–Crippen MR) is 81.4 cm³/mol. The van der Waals surface area contributed by atoms with Gasteiger partial charge in [-0.25, -0.2) is 13.6 Å². The Bertz CT molecular complexity index is 763. The average Bonchev–Trinajstić information content (AvgIpc) is 2.54. The van der Waals surface area contributed by atoms with Gasteiger partial charge in [-0.1, -0.05) is 18.2 Å². The lowest BCUT2D eigenvalue weighted by Gasteiger charge is -2.27. The van der Waals surface area contributed by atoms with E-state index in [4.69, 9.17) is 15.2 Å². The number of nitriles is 1. The molecule has 2 N–H and O–H groups in total. The molecule has 0 saturated carbocycles. The van der Waals surface area contributed by atoms with Crippen LogP contribution in [0.4, 0.5) is 8.78 Å². The van der Waals surface area contributed by atoms with Crippen molar-refractivity contribution in [2.45, 2.75) is 26.2 Å². The highest BCUT2D eigenvalue weighted by Crippen LogP contribution is 2.40. The Morgan fingerprint density at radius 3 is 2.79 bits per heavy atom. The number of ether oxygens (including phenoxy) is 2. The summed E-state index contributed by atoms with van der Waals surface area (Å²) < 4.78 is 36.3. The summed E-state index contributed by atoms with van der Waals surface area (Å²) in [7, 11) is 0. The summed E-state index contributed by atoms with van der Waals surface area (Å²) in [6.45, 7) is 3.27. The topological polar surface area (TPSA) is 85.3 Å². The van der Waals surface area contributed by atoms with Crippen molar-refractivity contribution in [3.8, 4) is 6.07 Å². The predicted octanol–water partition coefficient (Wildman–Crippen LogP) is 3.27. The zero-order chi connectivity index (χ0) is 17.9. The van der Waals surface area contributed by atoms with Gasteiger partial charge in [0.25, 0.3) is 6.43 Å². The summed E-state index contributed by atoms with van der Waals surface area (Å²) in [6, 6.07) is 7.41. The number of halogens is 2. The monoisotopic (exact) mass is 334 g/mol. The van der Waals surface area contributed by atoms with E-state index in [1.165, 1.54) is 25.1 Å². The van der Waals surface area contributed by atoms with Crippen LogP contribution in [-0.4, -0.2) is 12.6 Å². The number of carbonyl (C=O) groups is 1. The Morgan fingerprint density at radius 2 is 2.21 bits per heavy atom. The van der Waals surface area contributed by atoms with E-state index >= 15 is 0 Å². The Balaban J connectivity index is 2.62. The molecule has 1 aromatic carbocycles.